The zero-order chi connectivity index (χ0) is 10.4. The van der Waals surface area contributed by atoms with Crippen LogP contribution in [0.15, 0.2) is 0 Å². The fraction of sp³-hybridized carbons (Fsp3) is 1.00. The van der Waals surface area contributed by atoms with Crippen LogP contribution in [-0.2, 0) is 4.74 Å². The maximum Gasteiger partial charge on any atom is 0.0574 e. The number of hydrogen-bond donors (Lipinski definition) is 1. The van der Waals surface area contributed by atoms with Gasteiger partial charge in [0.15, 0.2) is 0 Å². The number of rotatable bonds is 5. The van der Waals surface area contributed by atoms with E-state index in [0.717, 1.165) is 5.92 Å². The maximum atomic E-state index is 5.47. The van der Waals surface area contributed by atoms with Crippen LogP contribution in [0.1, 0.15) is 45.4 Å². The summed E-state index contributed by atoms with van der Waals surface area (Å²) in [6, 6.07) is 0.706. The number of ether oxygens (including phenoxy) is 1. The predicted octanol–water partition coefficient (Wildman–Crippen LogP) is 2.58. The first kappa shape index (κ1) is 12.0. The molecule has 2 nitrogen and oxygen atoms in total. The molecule has 14 heavy (non-hydrogen) atoms. The van der Waals surface area contributed by atoms with E-state index in [1.807, 2.05) is 7.11 Å². The van der Waals surface area contributed by atoms with Gasteiger partial charge in [-0.1, -0.05) is 19.8 Å². The Bertz CT molecular complexity index is 149. The van der Waals surface area contributed by atoms with Crippen molar-refractivity contribution in [3.8, 4) is 0 Å². The van der Waals surface area contributed by atoms with Crippen LogP contribution >= 0.6 is 0 Å². The van der Waals surface area contributed by atoms with Gasteiger partial charge in [0.1, 0.15) is 0 Å². The van der Waals surface area contributed by atoms with Crippen molar-refractivity contribution in [2.75, 3.05) is 14.2 Å². The van der Waals surface area contributed by atoms with E-state index in [-0.39, 0.29) is 0 Å². The van der Waals surface area contributed by atoms with Crippen LogP contribution in [0.25, 0.3) is 0 Å². The van der Waals surface area contributed by atoms with Crippen LogP contribution in [0.3, 0.4) is 0 Å². The molecule has 0 aliphatic heterocycles. The molecule has 2 heteroatoms. The highest BCUT2D eigenvalue weighted by molar-refractivity contribution is 4.81. The van der Waals surface area contributed by atoms with Crippen molar-refractivity contribution in [1.29, 1.82) is 0 Å². The molecular formula is C12H25NO. The molecule has 1 aliphatic carbocycles. The van der Waals surface area contributed by atoms with E-state index in [4.69, 9.17) is 4.74 Å². The minimum atomic E-state index is 0.515. The van der Waals surface area contributed by atoms with Gasteiger partial charge < -0.3 is 10.1 Å². The summed E-state index contributed by atoms with van der Waals surface area (Å²) in [4.78, 5) is 0. The second-order valence-electron chi connectivity index (χ2n) is 4.47. The first-order chi connectivity index (χ1) is 6.81. The highest BCUT2D eigenvalue weighted by Gasteiger charge is 2.26. The highest BCUT2D eigenvalue weighted by atomic mass is 16.5. The minimum absolute atomic E-state index is 0.515. The normalized spacial score (nSPS) is 30.2. The molecule has 1 fully saturated rings. The van der Waals surface area contributed by atoms with Crippen LogP contribution in [0.2, 0.25) is 0 Å². The Morgan fingerprint density at radius 3 is 2.79 bits per heavy atom. The Kier molecular flexibility index (Phi) is 5.49. The first-order valence-corrected chi connectivity index (χ1v) is 6.01. The molecular weight excluding hydrogens is 174 g/mol. The Hall–Kier alpha value is -0.0800. The van der Waals surface area contributed by atoms with E-state index in [9.17, 15) is 0 Å². The smallest absolute Gasteiger partial charge is 0.0574 e. The van der Waals surface area contributed by atoms with Crippen LogP contribution in [-0.4, -0.2) is 26.3 Å². The van der Waals surface area contributed by atoms with E-state index in [1.165, 1.54) is 38.5 Å². The molecule has 0 spiro atoms. The third-order valence-corrected chi connectivity index (χ3v) is 3.54. The van der Waals surface area contributed by atoms with Crippen molar-refractivity contribution in [2.45, 2.75) is 57.6 Å². The van der Waals surface area contributed by atoms with Crippen molar-refractivity contribution in [1.82, 2.24) is 5.32 Å². The lowest BCUT2D eigenvalue weighted by molar-refractivity contribution is 0.0418. The minimum Gasteiger partial charge on any atom is -0.381 e. The average Bonchev–Trinajstić information content (AvgIpc) is 2.26. The Morgan fingerprint density at radius 1 is 1.43 bits per heavy atom. The molecule has 1 N–H and O–H groups in total. The van der Waals surface area contributed by atoms with Gasteiger partial charge in [0.25, 0.3) is 0 Å². The lowest BCUT2D eigenvalue weighted by Crippen LogP contribution is -2.37. The first-order valence-electron chi connectivity index (χ1n) is 6.01. The van der Waals surface area contributed by atoms with Gasteiger partial charge in [0.05, 0.1) is 6.10 Å². The van der Waals surface area contributed by atoms with Crippen LogP contribution < -0.4 is 5.32 Å². The molecule has 0 heterocycles. The summed E-state index contributed by atoms with van der Waals surface area (Å²) >= 11 is 0. The number of nitrogens with one attached hydrogen (secondary N) is 1. The average molecular weight is 199 g/mol. The van der Waals surface area contributed by atoms with Gasteiger partial charge >= 0.3 is 0 Å². The summed E-state index contributed by atoms with van der Waals surface area (Å²) in [5, 5.41) is 3.46. The summed E-state index contributed by atoms with van der Waals surface area (Å²) in [6.07, 6.45) is 8.33. The zero-order valence-electron chi connectivity index (χ0n) is 9.88. The molecule has 3 atom stereocenters. The molecule has 1 aliphatic rings. The fourth-order valence-corrected chi connectivity index (χ4v) is 2.69. The topological polar surface area (TPSA) is 21.3 Å². The van der Waals surface area contributed by atoms with Crippen LogP contribution in [0.4, 0.5) is 0 Å². The SMILES string of the molecule is CCCC(NC)C1CCCC(OC)C1. The van der Waals surface area contributed by atoms with Crippen molar-refractivity contribution in [3.63, 3.8) is 0 Å². The van der Waals surface area contributed by atoms with Gasteiger partial charge in [-0.25, -0.2) is 0 Å². The monoisotopic (exact) mass is 199 g/mol. The number of hydrogen-bond acceptors (Lipinski definition) is 2. The second kappa shape index (κ2) is 6.41. The maximum absolute atomic E-state index is 5.47. The lowest BCUT2D eigenvalue weighted by Gasteiger charge is -2.33. The molecule has 0 aromatic rings. The van der Waals surface area contributed by atoms with Gasteiger partial charge in [-0.2, -0.15) is 0 Å². The molecule has 84 valence electrons. The standard InChI is InChI=1S/C12H25NO/c1-4-6-12(13-2)10-7-5-8-11(9-10)14-3/h10-13H,4-9H2,1-3H3. The Balaban J connectivity index is 2.40. The highest BCUT2D eigenvalue weighted by Crippen LogP contribution is 2.29. The summed E-state index contributed by atoms with van der Waals surface area (Å²) in [6.45, 7) is 2.26. The van der Waals surface area contributed by atoms with Gasteiger partial charge in [-0.05, 0) is 38.6 Å². The van der Waals surface area contributed by atoms with Crippen molar-refractivity contribution >= 4 is 0 Å². The largest absolute Gasteiger partial charge is 0.381 e. The molecule has 0 saturated heterocycles. The molecule has 0 aromatic heterocycles. The third-order valence-electron chi connectivity index (χ3n) is 3.54. The van der Waals surface area contributed by atoms with Crippen LogP contribution in [0.5, 0.6) is 0 Å². The van der Waals surface area contributed by atoms with Crippen LogP contribution in [0, 0.1) is 5.92 Å². The van der Waals surface area contributed by atoms with Gasteiger partial charge in [-0.3, -0.25) is 0 Å². The van der Waals surface area contributed by atoms with E-state index in [0.29, 0.717) is 12.1 Å². The molecule has 1 saturated carbocycles. The van der Waals surface area contributed by atoms with E-state index in [2.05, 4.69) is 19.3 Å². The third kappa shape index (κ3) is 3.25. The fourth-order valence-electron chi connectivity index (χ4n) is 2.69. The summed E-state index contributed by atoms with van der Waals surface area (Å²) in [7, 11) is 3.94. The molecule has 0 amide bonds. The quantitative estimate of drug-likeness (QED) is 0.735. The van der Waals surface area contributed by atoms with Crippen molar-refractivity contribution in [3.05, 3.63) is 0 Å². The predicted molar refractivity (Wildman–Crippen MR) is 60.5 cm³/mol. The van der Waals surface area contributed by atoms with Crippen molar-refractivity contribution < 1.29 is 4.74 Å². The van der Waals surface area contributed by atoms with E-state index >= 15 is 0 Å². The zero-order valence-corrected chi connectivity index (χ0v) is 9.88. The summed E-state index contributed by atoms with van der Waals surface area (Å²) in [5.41, 5.74) is 0. The molecule has 3 unspecified atom stereocenters. The van der Waals surface area contributed by atoms with Gasteiger partial charge in [0, 0.05) is 13.2 Å². The molecule has 0 bridgehead atoms. The Labute approximate surface area is 88.4 Å². The Morgan fingerprint density at radius 2 is 2.21 bits per heavy atom. The molecule has 0 radical (unpaired) electrons. The van der Waals surface area contributed by atoms with E-state index in [1.54, 1.807) is 0 Å². The molecule has 0 aromatic carbocycles. The molecule has 1 rings (SSSR count). The second-order valence-corrected chi connectivity index (χ2v) is 4.47. The lowest BCUT2D eigenvalue weighted by atomic mass is 9.81. The summed E-state index contributed by atoms with van der Waals surface area (Å²) in [5.74, 6) is 0.832. The van der Waals surface area contributed by atoms with Crippen molar-refractivity contribution in [2.24, 2.45) is 5.92 Å². The van der Waals surface area contributed by atoms with E-state index < -0.39 is 0 Å². The summed E-state index contributed by atoms with van der Waals surface area (Å²) < 4.78 is 5.47. The van der Waals surface area contributed by atoms with Gasteiger partial charge in [0.2, 0.25) is 0 Å². The van der Waals surface area contributed by atoms with Gasteiger partial charge in [-0.15, -0.1) is 0 Å². The number of methoxy groups -OCH3 is 1.